The highest BCUT2D eigenvalue weighted by Gasteiger charge is 2.24. The van der Waals surface area contributed by atoms with E-state index in [0.717, 1.165) is 33.6 Å². The van der Waals surface area contributed by atoms with E-state index in [-0.39, 0.29) is 25.3 Å². The van der Waals surface area contributed by atoms with Crippen LogP contribution in [0.2, 0.25) is 0 Å². The molecule has 2 atom stereocenters. The van der Waals surface area contributed by atoms with Crippen molar-refractivity contribution < 1.29 is 10.2 Å². The van der Waals surface area contributed by atoms with Gasteiger partial charge in [-0.1, -0.05) is 72.8 Å². The summed E-state index contributed by atoms with van der Waals surface area (Å²) >= 11 is 0. The first-order valence-corrected chi connectivity index (χ1v) is 12.7. The van der Waals surface area contributed by atoms with Crippen molar-refractivity contribution in [2.75, 3.05) is 37.1 Å². The number of hydrogen-bond donors (Lipinski definition) is 2. The number of fused-ring (bicyclic) bond motifs is 8. The second-order valence-electron chi connectivity index (χ2n) is 9.56. The molecule has 2 N–H and O–H groups in total. The summed E-state index contributed by atoms with van der Waals surface area (Å²) in [7, 11) is 4.25. The topological polar surface area (TPSA) is 46.9 Å². The van der Waals surface area contributed by atoms with Gasteiger partial charge in [0.25, 0.3) is 0 Å². The van der Waals surface area contributed by atoms with E-state index in [1.165, 1.54) is 11.1 Å². The van der Waals surface area contributed by atoms with Gasteiger partial charge in [0.15, 0.2) is 0 Å². The molecule has 36 heavy (non-hydrogen) atoms. The fraction of sp³-hybridized carbons (Fsp3) is 0.250. The molecular weight excluding hydrogens is 444 g/mol. The van der Waals surface area contributed by atoms with E-state index < -0.39 is 0 Å². The van der Waals surface area contributed by atoms with E-state index in [0.29, 0.717) is 12.8 Å². The minimum atomic E-state index is 0.0225. The van der Waals surface area contributed by atoms with Gasteiger partial charge in [-0.05, 0) is 59.4 Å². The molecule has 4 bridgehead atoms. The maximum absolute atomic E-state index is 10.0. The average molecular weight is 479 g/mol. The van der Waals surface area contributed by atoms with Crippen LogP contribution >= 0.6 is 0 Å². The third-order valence-electron chi connectivity index (χ3n) is 7.47. The summed E-state index contributed by atoms with van der Waals surface area (Å²) < 4.78 is 0. The first-order valence-electron chi connectivity index (χ1n) is 12.7. The molecule has 0 saturated carbocycles. The average Bonchev–Trinajstić information content (AvgIpc) is 2.93. The Balaban J connectivity index is 1.79. The third-order valence-corrected chi connectivity index (χ3v) is 7.47. The Morgan fingerprint density at radius 3 is 1.39 bits per heavy atom. The molecule has 1 heterocycles. The van der Waals surface area contributed by atoms with Gasteiger partial charge >= 0.3 is 0 Å². The highest BCUT2D eigenvalue weighted by Crippen LogP contribution is 2.41. The van der Waals surface area contributed by atoms with E-state index in [4.69, 9.17) is 0 Å². The Morgan fingerprint density at radius 2 is 0.972 bits per heavy atom. The number of benzene rings is 4. The van der Waals surface area contributed by atoms with Crippen LogP contribution in [-0.2, 0) is 0 Å². The standard InChI is InChI=1S/C32H34N2O2/c1-33-29(17-19-35)25-11-7-10-24(21-25)28-14-4-6-16-32(28)34(2)30(18-20-36)26-12-8-9-23(22-26)27-13-3-5-15-31(27)33/h3-16,21-22,29-30,35-36H,17-20H2,1-2H3. The van der Waals surface area contributed by atoms with Crippen molar-refractivity contribution in [1.29, 1.82) is 0 Å². The zero-order valence-corrected chi connectivity index (χ0v) is 21.0. The molecule has 0 aliphatic carbocycles. The van der Waals surface area contributed by atoms with Gasteiger partial charge in [-0.15, -0.1) is 0 Å². The molecule has 1 aliphatic heterocycles. The van der Waals surface area contributed by atoms with E-state index >= 15 is 0 Å². The zero-order valence-electron chi connectivity index (χ0n) is 21.0. The summed E-state index contributed by atoms with van der Waals surface area (Å²) in [6.45, 7) is 0.220. The van der Waals surface area contributed by atoms with Crippen molar-refractivity contribution in [2.24, 2.45) is 0 Å². The first kappa shape index (κ1) is 24.1. The van der Waals surface area contributed by atoms with Crippen LogP contribution in [0.25, 0.3) is 22.3 Å². The van der Waals surface area contributed by atoms with Crippen LogP contribution in [0.3, 0.4) is 0 Å². The fourth-order valence-electron chi connectivity index (χ4n) is 5.63. The Labute approximate surface area is 214 Å². The SMILES string of the molecule is CN1c2ccccc2-c2cccc(c2)C(CCO)N(C)c2ccccc2-c2cccc(c2)C1CCO. The molecule has 1 aliphatic rings. The summed E-state index contributed by atoms with van der Waals surface area (Å²) in [6, 6.07) is 34.4. The van der Waals surface area contributed by atoms with Gasteiger partial charge in [0, 0.05) is 49.8 Å². The Kier molecular flexibility index (Phi) is 7.08. The van der Waals surface area contributed by atoms with Crippen molar-refractivity contribution in [2.45, 2.75) is 24.9 Å². The van der Waals surface area contributed by atoms with Gasteiger partial charge in [-0.2, -0.15) is 0 Å². The summed E-state index contributed by atoms with van der Waals surface area (Å²) in [5.41, 5.74) is 9.21. The van der Waals surface area contributed by atoms with Crippen LogP contribution in [0.4, 0.5) is 11.4 Å². The third kappa shape index (κ3) is 4.50. The lowest BCUT2D eigenvalue weighted by Gasteiger charge is -2.34. The van der Waals surface area contributed by atoms with Crippen molar-refractivity contribution in [3.05, 3.63) is 108 Å². The molecule has 0 amide bonds. The summed E-state index contributed by atoms with van der Waals surface area (Å²) in [4.78, 5) is 4.60. The monoisotopic (exact) mass is 478 g/mol. The molecule has 4 heteroatoms. The smallest absolute Gasteiger partial charge is 0.0561 e. The van der Waals surface area contributed by atoms with Crippen molar-refractivity contribution in [3.63, 3.8) is 0 Å². The van der Waals surface area contributed by atoms with Gasteiger partial charge in [0.1, 0.15) is 0 Å². The van der Waals surface area contributed by atoms with Gasteiger partial charge in [0.2, 0.25) is 0 Å². The summed E-state index contributed by atoms with van der Waals surface area (Å²) in [5, 5.41) is 20.0. The largest absolute Gasteiger partial charge is 0.396 e. The predicted molar refractivity (Wildman–Crippen MR) is 149 cm³/mol. The van der Waals surface area contributed by atoms with Crippen molar-refractivity contribution in [1.82, 2.24) is 0 Å². The maximum Gasteiger partial charge on any atom is 0.0561 e. The Hall–Kier alpha value is -3.60. The van der Waals surface area contributed by atoms with Crippen molar-refractivity contribution in [3.8, 4) is 22.3 Å². The first-order chi connectivity index (χ1) is 17.6. The van der Waals surface area contributed by atoms with Crippen LogP contribution in [0.1, 0.15) is 36.1 Å². The minimum absolute atomic E-state index is 0.0225. The predicted octanol–water partition coefficient (Wildman–Crippen LogP) is 6.45. The molecule has 0 spiro atoms. The van der Waals surface area contributed by atoms with E-state index in [1.807, 2.05) is 0 Å². The molecule has 0 aromatic heterocycles. The van der Waals surface area contributed by atoms with E-state index in [1.54, 1.807) is 0 Å². The lowest BCUT2D eigenvalue weighted by Crippen LogP contribution is -2.27. The second kappa shape index (κ2) is 10.6. The lowest BCUT2D eigenvalue weighted by atomic mass is 9.92. The Bertz CT molecular complexity index is 1230. The second-order valence-corrected chi connectivity index (χ2v) is 9.56. The number of aliphatic hydroxyl groups is 2. The van der Waals surface area contributed by atoms with Gasteiger partial charge in [-0.3, -0.25) is 0 Å². The maximum atomic E-state index is 10.0. The number of rotatable bonds is 4. The number of anilines is 2. The Morgan fingerprint density at radius 1 is 0.556 bits per heavy atom. The van der Waals surface area contributed by atoms with Crippen LogP contribution in [0.5, 0.6) is 0 Å². The van der Waals surface area contributed by atoms with E-state index in [2.05, 4.69) is 121 Å². The van der Waals surface area contributed by atoms with Gasteiger partial charge < -0.3 is 20.0 Å². The highest BCUT2D eigenvalue weighted by atomic mass is 16.3. The van der Waals surface area contributed by atoms with E-state index in [9.17, 15) is 10.2 Å². The highest BCUT2D eigenvalue weighted by molar-refractivity contribution is 5.81. The molecule has 0 fully saturated rings. The lowest BCUT2D eigenvalue weighted by molar-refractivity contribution is 0.274. The molecule has 4 aromatic rings. The zero-order chi connectivity index (χ0) is 25.1. The minimum Gasteiger partial charge on any atom is -0.396 e. The molecule has 0 radical (unpaired) electrons. The number of nitrogens with zero attached hydrogens (tertiary/aromatic N) is 2. The van der Waals surface area contributed by atoms with Crippen LogP contribution in [-0.4, -0.2) is 37.5 Å². The quantitative estimate of drug-likeness (QED) is 0.354. The molecule has 5 rings (SSSR count). The molecule has 184 valence electrons. The van der Waals surface area contributed by atoms with Crippen LogP contribution in [0.15, 0.2) is 97.1 Å². The van der Waals surface area contributed by atoms with Crippen molar-refractivity contribution >= 4 is 11.4 Å². The molecule has 0 saturated heterocycles. The van der Waals surface area contributed by atoms with Crippen LogP contribution < -0.4 is 9.80 Å². The van der Waals surface area contributed by atoms with Gasteiger partial charge in [0.05, 0.1) is 12.1 Å². The summed E-state index contributed by atoms with van der Waals surface area (Å²) in [5.74, 6) is 0. The molecule has 2 unspecified atom stereocenters. The number of para-hydroxylation sites is 2. The van der Waals surface area contributed by atoms with Gasteiger partial charge in [-0.25, -0.2) is 0 Å². The number of hydrogen-bond acceptors (Lipinski definition) is 4. The molecular formula is C32H34N2O2. The molecule has 4 aromatic carbocycles. The fourth-order valence-corrected chi connectivity index (χ4v) is 5.63. The summed E-state index contributed by atoms with van der Waals surface area (Å²) in [6.07, 6.45) is 1.27. The normalized spacial score (nSPS) is 17.2. The van der Waals surface area contributed by atoms with Crippen LogP contribution in [0, 0.1) is 0 Å². The molecule has 4 nitrogen and oxygen atoms in total. The number of aliphatic hydroxyl groups excluding tert-OH is 2.